The molecule has 0 aliphatic carbocycles. The van der Waals surface area contributed by atoms with Gasteiger partial charge in [0.15, 0.2) is 0 Å². The number of rotatable bonds is 4. The quantitative estimate of drug-likeness (QED) is 0.851. The molecular formula is C13H14F2N2O2. The van der Waals surface area contributed by atoms with Crippen LogP contribution in [0.2, 0.25) is 0 Å². The number of anilines is 1. The second-order valence-corrected chi connectivity index (χ2v) is 4.42. The summed E-state index contributed by atoms with van der Waals surface area (Å²) in [6.45, 7) is 0.554. The molecule has 4 nitrogen and oxygen atoms in total. The largest absolute Gasteiger partial charge is 0.333 e. The van der Waals surface area contributed by atoms with E-state index in [4.69, 9.17) is 0 Å². The first kappa shape index (κ1) is 13.5. The maximum Gasteiger partial charge on any atom is 0.263 e. The van der Waals surface area contributed by atoms with Crippen molar-refractivity contribution in [2.45, 2.75) is 25.3 Å². The van der Waals surface area contributed by atoms with Crippen LogP contribution in [-0.4, -0.2) is 29.8 Å². The summed E-state index contributed by atoms with van der Waals surface area (Å²) in [5, 5.41) is 2.57. The molecule has 1 N–H and O–H groups in total. The molecule has 0 saturated carbocycles. The lowest BCUT2D eigenvalue weighted by molar-refractivity contribution is -0.127. The lowest BCUT2D eigenvalue weighted by atomic mass is 10.1. The molecule has 0 bridgehead atoms. The van der Waals surface area contributed by atoms with E-state index in [0.717, 1.165) is 6.42 Å². The van der Waals surface area contributed by atoms with Gasteiger partial charge in [0.2, 0.25) is 12.3 Å². The summed E-state index contributed by atoms with van der Waals surface area (Å²) in [7, 11) is 0. The van der Waals surface area contributed by atoms with Crippen molar-refractivity contribution in [3.63, 3.8) is 0 Å². The molecule has 1 aliphatic heterocycles. The van der Waals surface area contributed by atoms with Gasteiger partial charge in [0.05, 0.1) is 0 Å². The highest BCUT2D eigenvalue weighted by atomic mass is 19.3. The van der Waals surface area contributed by atoms with Gasteiger partial charge in [0, 0.05) is 17.8 Å². The maximum atomic E-state index is 12.5. The lowest BCUT2D eigenvalue weighted by Crippen LogP contribution is -2.38. The number of alkyl halides is 2. The van der Waals surface area contributed by atoms with Crippen molar-refractivity contribution in [1.82, 2.24) is 4.90 Å². The molecule has 1 heterocycles. The number of hydrogen-bond donors (Lipinski definition) is 1. The van der Waals surface area contributed by atoms with Crippen LogP contribution in [0.4, 0.5) is 14.5 Å². The van der Waals surface area contributed by atoms with Gasteiger partial charge in [-0.3, -0.25) is 9.59 Å². The summed E-state index contributed by atoms with van der Waals surface area (Å²) in [5.74, 6) is -0.337. The Morgan fingerprint density at radius 3 is 2.95 bits per heavy atom. The molecular weight excluding hydrogens is 254 g/mol. The van der Waals surface area contributed by atoms with Crippen molar-refractivity contribution in [2.75, 3.05) is 11.9 Å². The molecule has 1 aliphatic rings. The number of hydrogen-bond acceptors (Lipinski definition) is 2. The predicted octanol–water partition coefficient (Wildman–Crippen LogP) is 2.18. The van der Waals surface area contributed by atoms with Crippen LogP contribution >= 0.6 is 0 Å². The average Bonchev–Trinajstić information content (AvgIpc) is 2.87. The number of carbonyl (C=O) groups is 2. The molecule has 0 radical (unpaired) electrons. The standard InChI is InChI=1S/C13H14F2N2O2/c14-12(15)9-3-1-4-10(7-9)16-13(19)11-5-2-6-17(11)8-18/h1,3-4,7-8,11-12H,2,5-6H2,(H,16,19)/t11-/m0/s1. The smallest absolute Gasteiger partial charge is 0.263 e. The van der Waals surface area contributed by atoms with E-state index in [1.807, 2.05) is 0 Å². The molecule has 1 aromatic rings. The number of nitrogens with one attached hydrogen (secondary N) is 1. The Hall–Kier alpha value is -1.98. The highest BCUT2D eigenvalue weighted by Crippen LogP contribution is 2.23. The van der Waals surface area contributed by atoms with Crippen LogP contribution in [0.15, 0.2) is 24.3 Å². The van der Waals surface area contributed by atoms with Crippen molar-refractivity contribution >= 4 is 18.0 Å². The van der Waals surface area contributed by atoms with Crippen LogP contribution in [0.1, 0.15) is 24.8 Å². The highest BCUT2D eigenvalue weighted by Gasteiger charge is 2.29. The Bertz CT molecular complexity index is 479. The first-order chi connectivity index (χ1) is 9.11. The zero-order valence-electron chi connectivity index (χ0n) is 10.2. The van der Waals surface area contributed by atoms with E-state index in [9.17, 15) is 18.4 Å². The van der Waals surface area contributed by atoms with Crippen LogP contribution in [0.25, 0.3) is 0 Å². The van der Waals surface area contributed by atoms with Gasteiger partial charge in [-0.1, -0.05) is 12.1 Å². The van der Waals surface area contributed by atoms with E-state index in [2.05, 4.69) is 5.32 Å². The van der Waals surface area contributed by atoms with E-state index in [1.165, 1.54) is 23.1 Å². The molecule has 2 amide bonds. The summed E-state index contributed by atoms with van der Waals surface area (Å²) in [4.78, 5) is 24.2. The Balaban J connectivity index is 2.06. The van der Waals surface area contributed by atoms with E-state index in [1.54, 1.807) is 6.07 Å². The molecule has 1 aromatic carbocycles. The fraction of sp³-hybridized carbons (Fsp3) is 0.385. The number of amides is 2. The first-order valence-corrected chi connectivity index (χ1v) is 6.02. The lowest BCUT2D eigenvalue weighted by Gasteiger charge is -2.19. The normalized spacial score (nSPS) is 18.7. The van der Waals surface area contributed by atoms with Crippen LogP contribution < -0.4 is 5.32 Å². The molecule has 0 spiro atoms. The summed E-state index contributed by atoms with van der Waals surface area (Å²) < 4.78 is 25.1. The molecule has 6 heteroatoms. The number of likely N-dealkylation sites (tertiary alicyclic amines) is 1. The highest BCUT2D eigenvalue weighted by molar-refractivity contribution is 5.96. The number of carbonyl (C=O) groups excluding carboxylic acids is 2. The van der Waals surface area contributed by atoms with Crippen molar-refractivity contribution in [1.29, 1.82) is 0 Å². The molecule has 1 saturated heterocycles. The van der Waals surface area contributed by atoms with Crippen LogP contribution in [0.5, 0.6) is 0 Å². The summed E-state index contributed by atoms with van der Waals surface area (Å²) in [5.41, 5.74) is 0.178. The summed E-state index contributed by atoms with van der Waals surface area (Å²) >= 11 is 0. The van der Waals surface area contributed by atoms with Crippen molar-refractivity contribution in [2.24, 2.45) is 0 Å². The van der Waals surface area contributed by atoms with Gasteiger partial charge in [-0.2, -0.15) is 0 Å². The minimum absolute atomic E-state index is 0.142. The molecule has 0 aromatic heterocycles. The van der Waals surface area contributed by atoms with Crippen LogP contribution in [0.3, 0.4) is 0 Å². The third-order valence-corrected chi connectivity index (χ3v) is 3.14. The Morgan fingerprint density at radius 1 is 1.47 bits per heavy atom. The van der Waals surface area contributed by atoms with E-state index in [0.29, 0.717) is 25.1 Å². The van der Waals surface area contributed by atoms with Crippen molar-refractivity contribution in [3.05, 3.63) is 29.8 Å². The van der Waals surface area contributed by atoms with E-state index >= 15 is 0 Å². The second-order valence-electron chi connectivity index (χ2n) is 4.42. The summed E-state index contributed by atoms with van der Waals surface area (Å²) in [6.07, 6.45) is -0.561. The molecule has 0 unspecified atom stereocenters. The zero-order chi connectivity index (χ0) is 13.8. The van der Waals surface area contributed by atoms with Gasteiger partial charge >= 0.3 is 0 Å². The molecule has 102 valence electrons. The number of nitrogens with zero attached hydrogens (tertiary/aromatic N) is 1. The minimum atomic E-state index is -2.57. The Kier molecular flexibility index (Phi) is 4.09. The Morgan fingerprint density at radius 2 is 2.26 bits per heavy atom. The van der Waals surface area contributed by atoms with Gasteiger partial charge < -0.3 is 10.2 Å². The molecule has 1 fully saturated rings. The monoisotopic (exact) mass is 268 g/mol. The fourth-order valence-corrected chi connectivity index (χ4v) is 2.17. The average molecular weight is 268 g/mol. The van der Waals surface area contributed by atoms with Gasteiger partial charge in [0.25, 0.3) is 6.43 Å². The fourth-order valence-electron chi connectivity index (χ4n) is 2.17. The molecule has 19 heavy (non-hydrogen) atoms. The topological polar surface area (TPSA) is 49.4 Å². The number of benzene rings is 1. The van der Waals surface area contributed by atoms with Gasteiger partial charge in [-0.25, -0.2) is 8.78 Å². The van der Waals surface area contributed by atoms with Crippen LogP contribution in [0, 0.1) is 0 Å². The Labute approximate surface area is 109 Å². The van der Waals surface area contributed by atoms with Crippen molar-refractivity contribution in [3.8, 4) is 0 Å². The first-order valence-electron chi connectivity index (χ1n) is 6.02. The van der Waals surface area contributed by atoms with Crippen LogP contribution in [-0.2, 0) is 9.59 Å². The maximum absolute atomic E-state index is 12.5. The second kappa shape index (κ2) is 5.77. The third kappa shape index (κ3) is 3.07. The minimum Gasteiger partial charge on any atom is -0.333 e. The zero-order valence-corrected chi connectivity index (χ0v) is 10.2. The van der Waals surface area contributed by atoms with E-state index in [-0.39, 0.29) is 11.5 Å². The number of halogens is 2. The third-order valence-electron chi connectivity index (χ3n) is 3.14. The molecule has 1 atom stereocenters. The van der Waals surface area contributed by atoms with Gasteiger partial charge in [0.1, 0.15) is 6.04 Å². The molecule has 2 rings (SSSR count). The van der Waals surface area contributed by atoms with Gasteiger partial charge in [-0.15, -0.1) is 0 Å². The SMILES string of the molecule is O=CN1CCC[C@H]1C(=O)Nc1cccc(C(F)F)c1. The van der Waals surface area contributed by atoms with Crippen molar-refractivity contribution < 1.29 is 18.4 Å². The predicted molar refractivity (Wildman–Crippen MR) is 65.8 cm³/mol. The van der Waals surface area contributed by atoms with Gasteiger partial charge in [-0.05, 0) is 25.0 Å². The van der Waals surface area contributed by atoms with E-state index < -0.39 is 12.5 Å². The summed E-state index contributed by atoms with van der Waals surface area (Å²) in [6, 6.07) is 5.04.